The molecule has 0 N–H and O–H groups in total. The third kappa shape index (κ3) is 3.97. The van der Waals surface area contributed by atoms with Gasteiger partial charge in [0.2, 0.25) is 0 Å². The zero-order valence-electron chi connectivity index (χ0n) is 18.4. The number of rotatable bonds is 3. The lowest BCUT2D eigenvalue weighted by atomic mass is 9.49. The van der Waals surface area contributed by atoms with E-state index in [1.165, 1.54) is 24.3 Å². The number of esters is 2. The molecule has 4 nitrogen and oxygen atoms in total. The van der Waals surface area contributed by atoms with Crippen molar-refractivity contribution >= 4 is 18.0 Å². The predicted molar refractivity (Wildman–Crippen MR) is 112 cm³/mol. The summed E-state index contributed by atoms with van der Waals surface area (Å²) in [5.74, 6) is -0.832. The Morgan fingerprint density at radius 2 is 1.84 bits per heavy atom. The molecule has 3 atom stereocenters. The molecule has 0 saturated heterocycles. The van der Waals surface area contributed by atoms with Crippen molar-refractivity contribution < 1.29 is 32.2 Å². The number of fused-ring (bicyclic) bond motifs is 2. The van der Waals surface area contributed by atoms with Crippen molar-refractivity contribution in [3.05, 3.63) is 52.6 Å². The van der Waals surface area contributed by atoms with Crippen molar-refractivity contribution in [1.82, 2.24) is 0 Å². The van der Waals surface area contributed by atoms with E-state index in [1.54, 1.807) is 0 Å². The van der Waals surface area contributed by atoms with E-state index in [2.05, 4.69) is 20.8 Å². The Balaban J connectivity index is 1.54. The summed E-state index contributed by atoms with van der Waals surface area (Å²) in [7, 11) is 0. The second kappa shape index (κ2) is 7.78. The van der Waals surface area contributed by atoms with Crippen molar-refractivity contribution in [2.24, 2.45) is 16.7 Å². The minimum atomic E-state index is -4.40. The van der Waals surface area contributed by atoms with Gasteiger partial charge in [-0.05, 0) is 47.6 Å². The molecule has 7 heteroatoms. The van der Waals surface area contributed by atoms with Crippen LogP contribution >= 0.6 is 0 Å². The van der Waals surface area contributed by atoms with E-state index in [0.29, 0.717) is 12.0 Å². The average molecular weight is 448 g/mol. The van der Waals surface area contributed by atoms with Gasteiger partial charge in [0.15, 0.2) is 0 Å². The number of halogens is 3. The number of ether oxygens (including phenoxy) is 2. The first kappa shape index (κ1) is 22.6. The fourth-order valence-electron chi connectivity index (χ4n) is 6.12. The van der Waals surface area contributed by atoms with E-state index in [4.69, 9.17) is 9.47 Å². The van der Waals surface area contributed by atoms with E-state index >= 15 is 0 Å². The second-order valence-electron chi connectivity index (χ2n) is 9.92. The van der Waals surface area contributed by atoms with Gasteiger partial charge in [-0.3, -0.25) is 0 Å². The normalized spacial score (nSPS) is 29.5. The molecule has 1 fully saturated rings. The van der Waals surface area contributed by atoms with E-state index < -0.39 is 29.2 Å². The van der Waals surface area contributed by atoms with Gasteiger partial charge in [0.1, 0.15) is 12.7 Å². The van der Waals surface area contributed by atoms with Crippen LogP contribution < -0.4 is 0 Å². The summed E-state index contributed by atoms with van der Waals surface area (Å²) in [5.41, 5.74) is 0.873. The number of cyclic esters (lactones) is 1. The number of hydrogen-bond donors (Lipinski definition) is 0. The molecule has 0 spiro atoms. The third-order valence-corrected chi connectivity index (χ3v) is 7.29. The fraction of sp³-hybridized carbons (Fsp3) is 0.520. The van der Waals surface area contributed by atoms with E-state index in [9.17, 15) is 22.8 Å². The first-order valence-corrected chi connectivity index (χ1v) is 10.9. The molecule has 0 unspecified atom stereocenters. The highest BCUT2D eigenvalue weighted by atomic mass is 19.4. The van der Waals surface area contributed by atoms with Crippen molar-refractivity contribution in [2.75, 3.05) is 6.61 Å². The summed E-state index contributed by atoms with van der Waals surface area (Å²) < 4.78 is 49.4. The minimum Gasteiger partial charge on any atom is -0.459 e. The summed E-state index contributed by atoms with van der Waals surface area (Å²) in [6.07, 6.45) is 1.15. The molecule has 32 heavy (non-hydrogen) atoms. The van der Waals surface area contributed by atoms with Crippen LogP contribution in [0.2, 0.25) is 0 Å². The van der Waals surface area contributed by atoms with E-state index in [1.807, 2.05) is 0 Å². The quantitative estimate of drug-likeness (QED) is 0.438. The van der Waals surface area contributed by atoms with Crippen molar-refractivity contribution in [3.63, 3.8) is 0 Å². The minimum absolute atomic E-state index is 0.0310. The maximum atomic E-state index is 12.7. The molecule has 0 bridgehead atoms. The third-order valence-electron chi connectivity index (χ3n) is 7.29. The van der Waals surface area contributed by atoms with E-state index in [-0.39, 0.29) is 23.9 Å². The van der Waals surface area contributed by atoms with E-state index in [0.717, 1.165) is 42.5 Å². The maximum absolute atomic E-state index is 12.7. The lowest BCUT2D eigenvalue weighted by molar-refractivity contribution is -0.157. The summed E-state index contributed by atoms with van der Waals surface area (Å²) in [4.78, 5) is 25.1. The second-order valence-corrected chi connectivity index (χ2v) is 9.92. The van der Waals surface area contributed by atoms with Gasteiger partial charge < -0.3 is 9.47 Å². The van der Waals surface area contributed by atoms with Crippen LogP contribution in [0.5, 0.6) is 0 Å². The lowest BCUT2D eigenvalue weighted by Crippen LogP contribution is -2.53. The number of benzene rings is 1. The van der Waals surface area contributed by atoms with Crippen LogP contribution in [0.15, 0.2) is 41.5 Å². The summed E-state index contributed by atoms with van der Waals surface area (Å²) in [6.45, 7) is 6.63. The predicted octanol–water partition coefficient (Wildman–Crippen LogP) is 5.72. The zero-order valence-corrected chi connectivity index (χ0v) is 18.4. The number of carbonyl (C=O) groups is 2. The largest absolute Gasteiger partial charge is 0.459 e. The van der Waals surface area contributed by atoms with Crippen LogP contribution in [-0.4, -0.2) is 24.6 Å². The van der Waals surface area contributed by atoms with Crippen molar-refractivity contribution in [2.45, 2.75) is 58.7 Å². The Labute approximate surface area is 185 Å². The molecule has 1 aromatic carbocycles. The average Bonchev–Trinajstić information content (AvgIpc) is 3.06. The lowest BCUT2D eigenvalue weighted by Gasteiger charge is -2.55. The van der Waals surface area contributed by atoms with Gasteiger partial charge in [0.05, 0.1) is 5.56 Å². The Kier molecular flexibility index (Phi) is 5.50. The molecule has 1 aliphatic heterocycles. The van der Waals surface area contributed by atoms with Crippen LogP contribution in [0, 0.1) is 16.7 Å². The highest BCUT2D eigenvalue weighted by Gasteiger charge is 2.59. The Hall–Kier alpha value is -2.57. The molecular weight excluding hydrogens is 421 g/mol. The van der Waals surface area contributed by atoms with Crippen LogP contribution in [0.1, 0.15) is 57.6 Å². The molecule has 1 heterocycles. The molecule has 2 aliphatic carbocycles. The monoisotopic (exact) mass is 448 g/mol. The topological polar surface area (TPSA) is 52.6 Å². The van der Waals surface area contributed by atoms with Crippen molar-refractivity contribution in [1.29, 1.82) is 0 Å². The smallest absolute Gasteiger partial charge is 0.416 e. The molecular formula is C25H27F3O4. The summed E-state index contributed by atoms with van der Waals surface area (Å²) >= 11 is 0. The van der Waals surface area contributed by atoms with Crippen molar-refractivity contribution in [3.8, 4) is 0 Å². The standard InChI is InChI=1S/C25H27F3O4/c1-23(2)11-4-12-24(3)20-16(14-31-22(20)30)13-18(21(23)24)32-19(29)10-7-15-5-8-17(9-6-15)25(26,27)28/h5-10,18,21H,4,11-14H2,1-3H3/b10-7+/t18-,21-,24+/m0/s1. The molecule has 3 aliphatic rings. The Morgan fingerprint density at radius 1 is 1.16 bits per heavy atom. The Morgan fingerprint density at radius 3 is 2.50 bits per heavy atom. The summed E-state index contributed by atoms with van der Waals surface area (Å²) in [6, 6.07) is 4.58. The molecule has 4 rings (SSSR count). The number of alkyl halides is 3. The number of carbonyl (C=O) groups excluding carboxylic acids is 2. The van der Waals surface area contributed by atoms with Gasteiger partial charge in [-0.25, -0.2) is 9.59 Å². The van der Waals surface area contributed by atoms with Gasteiger partial charge in [0, 0.05) is 29.4 Å². The summed E-state index contributed by atoms with van der Waals surface area (Å²) in [5, 5.41) is 0. The van der Waals surface area contributed by atoms with Crippen LogP contribution in [0.4, 0.5) is 13.2 Å². The first-order chi connectivity index (χ1) is 14.9. The molecule has 0 aromatic heterocycles. The SMILES string of the molecule is CC1(C)CCC[C@]2(C)C3=C(COC3=O)C[C@H](OC(=O)/C=C/c3ccc(C(F)(F)F)cc3)[C@@H]12. The molecule has 1 aromatic rings. The highest BCUT2D eigenvalue weighted by Crippen LogP contribution is 2.61. The molecule has 172 valence electrons. The van der Waals surface area contributed by atoms with Crippen LogP contribution in [0.25, 0.3) is 6.08 Å². The Bertz CT molecular complexity index is 987. The van der Waals surface area contributed by atoms with Gasteiger partial charge in [0.25, 0.3) is 0 Å². The van der Waals surface area contributed by atoms with Crippen LogP contribution in [-0.2, 0) is 25.2 Å². The van der Waals surface area contributed by atoms with Gasteiger partial charge >= 0.3 is 18.1 Å². The maximum Gasteiger partial charge on any atom is 0.416 e. The molecule has 0 amide bonds. The molecule has 0 radical (unpaired) electrons. The number of hydrogen-bond acceptors (Lipinski definition) is 4. The molecule has 1 saturated carbocycles. The van der Waals surface area contributed by atoms with Gasteiger partial charge in [-0.15, -0.1) is 0 Å². The zero-order chi connectivity index (χ0) is 23.3. The first-order valence-electron chi connectivity index (χ1n) is 10.9. The fourth-order valence-corrected chi connectivity index (χ4v) is 6.12. The van der Waals surface area contributed by atoms with Gasteiger partial charge in [-0.2, -0.15) is 13.2 Å². The van der Waals surface area contributed by atoms with Gasteiger partial charge in [-0.1, -0.05) is 39.3 Å². The highest BCUT2D eigenvalue weighted by molar-refractivity contribution is 5.94. The van der Waals surface area contributed by atoms with Crippen LogP contribution in [0.3, 0.4) is 0 Å².